The van der Waals surface area contributed by atoms with Crippen LogP contribution < -0.4 is 0 Å². The van der Waals surface area contributed by atoms with Gasteiger partial charge in [-0.15, -0.1) is 0 Å². The largest absolute Gasteiger partial charge is 0.507 e. The van der Waals surface area contributed by atoms with Crippen LogP contribution in [0.2, 0.25) is 0 Å². The van der Waals surface area contributed by atoms with Crippen LogP contribution in [0.5, 0.6) is 5.75 Å². The number of halogens is 1. The summed E-state index contributed by atoms with van der Waals surface area (Å²) in [7, 11) is 0. The summed E-state index contributed by atoms with van der Waals surface area (Å²) in [4.78, 5) is 0. The third-order valence-corrected chi connectivity index (χ3v) is 4.85. The molecule has 1 heterocycles. The summed E-state index contributed by atoms with van der Waals surface area (Å²) in [6.07, 6.45) is 1.94. The van der Waals surface area contributed by atoms with Crippen LogP contribution in [0.4, 0.5) is 0 Å². The van der Waals surface area contributed by atoms with Gasteiger partial charge in [-0.1, -0.05) is 76.6 Å². The van der Waals surface area contributed by atoms with Crippen molar-refractivity contribution in [1.82, 2.24) is 9.78 Å². The number of phenols is 1. The van der Waals surface area contributed by atoms with Crippen LogP contribution in [0, 0.1) is 0 Å². The molecule has 3 aromatic carbocycles. The van der Waals surface area contributed by atoms with Crippen LogP contribution >= 0.6 is 15.9 Å². The van der Waals surface area contributed by atoms with Crippen molar-refractivity contribution in [3.05, 3.63) is 95.1 Å². The number of aromatic nitrogens is 2. The lowest BCUT2D eigenvalue weighted by Crippen LogP contribution is -2.01. The number of aromatic hydroxyl groups is 1. The van der Waals surface area contributed by atoms with E-state index in [1.165, 1.54) is 0 Å². The monoisotopic (exact) mass is 404 g/mol. The fraction of sp³-hybridized carbons (Fsp3) is 0.0455. The number of rotatable bonds is 4. The average molecular weight is 405 g/mol. The Labute approximate surface area is 160 Å². The first-order valence-corrected chi connectivity index (χ1v) is 9.16. The van der Waals surface area contributed by atoms with Crippen molar-refractivity contribution in [2.75, 3.05) is 0 Å². The fourth-order valence-electron chi connectivity index (χ4n) is 2.97. The van der Waals surface area contributed by atoms with Crippen LogP contribution in [0.3, 0.4) is 0 Å². The van der Waals surface area contributed by atoms with Crippen LogP contribution in [-0.4, -0.2) is 14.9 Å². The number of hydrogen-bond donors (Lipinski definition) is 1. The Hall–Kier alpha value is -2.85. The maximum Gasteiger partial charge on any atom is 0.128 e. The molecule has 4 heteroatoms. The molecule has 128 valence electrons. The van der Waals surface area contributed by atoms with E-state index in [4.69, 9.17) is 0 Å². The third-order valence-electron chi connectivity index (χ3n) is 4.32. The van der Waals surface area contributed by atoms with E-state index in [-0.39, 0.29) is 0 Å². The van der Waals surface area contributed by atoms with E-state index < -0.39 is 0 Å². The molecule has 0 saturated heterocycles. The number of para-hydroxylation sites is 1. The van der Waals surface area contributed by atoms with E-state index in [1.54, 1.807) is 0 Å². The van der Waals surface area contributed by atoms with Crippen molar-refractivity contribution >= 4 is 15.9 Å². The Bertz CT molecular complexity index is 1020. The Kier molecular flexibility index (Phi) is 4.59. The first-order valence-electron chi connectivity index (χ1n) is 8.36. The Morgan fingerprint density at radius 2 is 1.58 bits per heavy atom. The van der Waals surface area contributed by atoms with Gasteiger partial charge in [0.25, 0.3) is 0 Å². The minimum absolute atomic E-state index is 0.305. The maximum atomic E-state index is 10.7. The smallest absolute Gasteiger partial charge is 0.128 e. The van der Waals surface area contributed by atoms with Gasteiger partial charge in [-0.25, -0.2) is 0 Å². The van der Waals surface area contributed by atoms with E-state index >= 15 is 0 Å². The second-order valence-electron chi connectivity index (χ2n) is 6.08. The number of phenolic OH excluding ortho intramolecular Hbond substituents is 1. The quantitative estimate of drug-likeness (QED) is 0.471. The van der Waals surface area contributed by atoms with Gasteiger partial charge in [0.15, 0.2) is 0 Å². The zero-order chi connectivity index (χ0) is 17.9. The van der Waals surface area contributed by atoms with Crippen molar-refractivity contribution in [2.45, 2.75) is 6.54 Å². The lowest BCUT2D eigenvalue weighted by atomic mass is 10.0. The van der Waals surface area contributed by atoms with E-state index in [0.717, 1.165) is 32.4 Å². The molecule has 0 saturated carbocycles. The Balaban J connectivity index is 1.61. The zero-order valence-corrected chi connectivity index (χ0v) is 15.6. The van der Waals surface area contributed by atoms with Crippen LogP contribution in [0.25, 0.3) is 22.4 Å². The van der Waals surface area contributed by atoms with Gasteiger partial charge in [0.05, 0.1) is 12.2 Å². The Morgan fingerprint density at radius 3 is 2.35 bits per heavy atom. The van der Waals surface area contributed by atoms with Gasteiger partial charge in [-0.05, 0) is 23.8 Å². The predicted molar refractivity (Wildman–Crippen MR) is 108 cm³/mol. The summed E-state index contributed by atoms with van der Waals surface area (Å²) in [5, 5.41) is 15.4. The van der Waals surface area contributed by atoms with Crippen LogP contribution in [0.1, 0.15) is 5.56 Å². The van der Waals surface area contributed by atoms with Gasteiger partial charge < -0.3 is 5.11 Å². The molecule has 0 aliphatic heterocycles. The lowest BCUT2D eigenvalue weighted by Gasteiger charge is -2.10. The highest BCUT2D eigenvalue weighted by Gasteiger charge is 2.10. The van der Waals surface area contributed by atoms with Gasteiger partial charge in [0.1, 0.15) is 5.75 Å². The normalized spacial score (nSPS) is 10.8. The van der Waals surface area contributed by atoms with Crippen molar-refractivity contribution in [2.24, 2.45) is 0 Å². The van der Waals surface area contributed by atoms with Gasteiger partial charge in [-0.2, -0.15) is 5.10 Å². The molecule has 0 amide bonds. The number of benzene rings is 3. The van der Waals surface area contributed by atoms with Crippen molar-refractivity contribution in [1.29, 1.82) is 0 Å². The highest BCUT2D eigenvalue weighted by Crippen LogP contribution is 2.32. The molecule has 0 aliphatic carbocycles. The van der Waals surface area contributed by atoms with Gasteiger partial charge >= 0.3 is 0 Å². The van der Waals surface area contributed by atoms with Crippen molar-refractivity contribution < 1.29 is 5.11 Å². The summed E-state index contributed by atoms with van der Waals surface area (Å²) in [5.41, 5.74) is 4.66. The lowest BCUT2D eigenvalue weighted by molar-refractivity contribution is 0.466. The molecular weight excluding hydrogens is 388 g/mol. The molecule has 4 rings (SSSR count). The molecule has 1 N–H and O–H groups in total. The first-order chi connectivity index (χ1) is 12.7. The molecule has 0 spiro atoms. The SMILES string of the molecule is Oc1c(Cn2ccc(-c3ccc(Br)cc3)n2)cccc1-c1ccccc1. The van der Waals surface area contributed by atoms with Crippen LogP contribution in [0.15, 0.2) is 89.5 Å². The molecule has 4 aromatic rings. The molecular formula is C22H17BrN2O. The molecule has 0 aliphatic rings. The third kappa shape index (κ3) is 3.41. The van der Waals surface area contributed by atoms with E-state index in [9.17, 15) is 5.11 Å². The molecule has 1 aromatic heterocycles. The summed E-state index contributed by atoms with van der Waals surface area (Å²) in [6, 6.07) is 25.8. The summed E-state index contributed by atoms with van der Waals surface area (Å²) in [6.45, 7) is 0.517. The predicted octanol–water partition coefficient (Wildman–Crippen LogP) is 5.73. The van der Waals surface area contributed by atoms with Crippen LogP contribution in [-0.2, 0) is 6.54 Å². The zero-order valence-electron chi connectivity index (χ0n) is 14.0. The summed E-state index contributed by atoms with van der Waals surface area (Å²) < 4.78 is 2.89. The maximum absolute atomic E-state index is 10.7. The fourth-order valence-corrected chi connectivity index (χ4v) is 3.23. The average Bonchev–Trinajstić information content (AvgIpc) is 3.13. The Morgan fingerprint density at radius 1 is 0.808 bits per heavy atom. The second kappa shape index (κ2) is 7.18. The molecule has 0 fully saturated rings. The minimum Gasteiger partial charge on any atom is -0.507 e. The number of hydrogen-bond acceptors (Lipinski definition) is 2. The standard InChI is InChI=1S/C22H17BrN2O/c23-19-11-9-17(10-12-19)21-13-14-25(24-21)15-18-7-4-8-20(22(18)26)16-5-2-1-3-6-16/h1-14,26H,15H2. The topological polar surface area (TPSA) is 38.0 Å². The molecule has 0 radical (unpaired) electrons. The van der Waals surface area contributed by atoms with E-state index in [0.29, 0.717) is 12.3 Å². The number of nitrogens with zero attached hydrogens (tertiary/aromatic N) is 2. The second-order valence-corrected chi connectivity index (χ2v) is 7.00. The van der Waals surface area contributed by atoms with Gasteiger partial charge in [-0.3, -0.25) is 4.68 Å². The van der Waals surface area contributed by atoms with E-state index in [2.05, 4.69) is 21.0 Å². The van der Waals surface area contributed by atoms with Crippen molar-refractivity contribution in [3.8, 4) is 28.1 Å². The summed E-state index contributed by atoms with van der Waals surface area (Å²) >= 11 is 3.45. The molecule has 26 heavy (non-hydrogen) atoms. The van der Waals surface area contributed by atoms with E-state index in [1.807, 2.05) is 89.7 Å². The van der Waals surface area contributed by atoms with Gasteiger partial charge in [0.2, 0.25) is 0 Å². The highest BCUT2D eigenvalue weighted by atomic mass is 79.9. The molecule has 0 bridgehead atoms. The highest BCUT2D eigenvalue weighted by molar-refractivity contribution is 9.10. The molecule has 0 atom stereocenters. The van der Waals surface area contributed by atoms with Crippen molar-refractivity contribution in [3.63, 3.8) is 0 Å². The first kappa shape index (κ1) is 16.6. The molecule has 3 nitrogen and oxygen atoms in total. The molecule has 0 unspecified atom stereocenters. The summed E-state index contributed by atoms with van der Waals surface area (Å²) in [5.74, 6) is 0.305. The minimum atomic E-state index is 0.305. The van der Waals surface area contributed by atoms with Gasteiger partial charge in [0, 0.05) is 27.4 Å².